The van der Waals surface area contributed by atoms with E-state index in [4.69, 9.17) is 13.9 Å². The molecule has 2 aliphatic rings. The highest BCUT2D eigenvalue weighted by Gasteiger charge is 2.55. The number of carbonyl (C=O) groups excluding carboxylic acids is 1. The number of anilines is 1. The molecule has 3 rings (SSSR count). The van der Waals surface area contributed by atoms with Crippen molar-refractivity contribution in [3.05, 3.63) is 22.7 Å². The van der Waals surface area contributed by atoms with Crippen LogP contribution in [-0.4, -0.2) is 48.4 Å². The molecular weight excluding hydrogens is 426 g/mol. The lowest BCUT2D eigenvalue weighted by atomic mass is 10.1. The average molecular weight is 466 g/mol. The Morgan fingerprint density at radius 1 is 1.31 bits per heavy atom. The maximum Gasteiger partial charge on any atom is 0.349 e. The van der Waals surface area contributed by atoms with Crippen LogP contribution in [-0.2, 0) is 18.7 Å². The Hall–Kier alpha value is -1.55. The van der Waals surface area contributed by atoms with Crippen LogP contribution in [0, 0.1) is 11.8 Å². The number of ether oxygens (including phenoxy) is 2. The van der Waals surface area contributed by atoms with Gasteiger partial charge in [0.15, 0.2) is 14.1 Å². The molecule has 9 heteroatoms. The van der Waals surface area contributed by atoms with E-state index in [9.17, 15) is 9.59 Å². The second-order valence-corrected chi connectivity index (χ2v) is 16.2. The van der Waals surface area contributed by atoms with Crippen molar-refractivity contribution in [2.75, 3.05) is 11.9 Å². The molecule has 1 amide bonds. The van der Waals surface area contributed by atoms with Crippen LogP contribution in [0.3, 0.4) is 0 Å². The van der Waals surface area contributed by atoms with Crippen LogP contribution >= 0.6 is 0 Å². The number of nitrogens with zero attached hydrogens (tertiary/aromatic N) is 2. The summed E-state index contributed by atoms with van der Waals surface area (Å²) >= 11 is 0. The number of hydrogen-bond donors (Lipinski definition) is 1. The molecular formula is C23H39N3O5Si. The predicted molar refractivity (Wildman–Crippen MR) is 126 cm³/mol. The Balaban J connectivity index is 1.81. The summed E-state index contributed by atoms with van der Waals surface area (Å²) in [6, 6.07) is 1.46. The van der Waals surface area contributed by atoms with E-state index in [1.54, 1.807) is 30.7 Å². The molecule has 1 N–H and O–H groups in total. The second kappa shape index (κ2) is 8.66. The molecule has 4 atom stereocenters. The molecule has 0 unspecified atom stereocenters. The molecule has 1 aliphatic heterocycles. The topological polar surface area (TPSA) is 91.7 Å². The van der Waals surface area contributed by atoms with Crippen molar-refractivity contribution in [3.63, 3.8) is 0 Å². The average Bonchev–Trinajstić information content (AvgIpc) is 3.12. The fourth-order valence-electron chi connectivity index (χ4n) is 4.03. The van der Waals surface area contributed by atoms with Gasteiger partial charge in [-0.3, -0.25) is 9.36 Å². The van der Waals surface area contributed by atoms with Gasteiger partial charge in [-0.15, -0.1) is 0 Å². The van der Waals surface area contributed by atoms with E-state index in [0.29, 0.717) is 13.0 Å². The molecule has 1 aromatic rings. The summed E-state index contributed by atoms with van der Waals surface area (Å²) in [5.41, 5.74) is -0.408. The highest BCUT2D eigenvalue weighted by atomic mass is 28.4. The van der Waals surface area contributed by atoms with Gasteiger partial charge in [0.1, 0.15) is 11.9 Å². The normalized spacial score (nSPS) is 27.6. The van der Waals surface area contributed by atoms with Crippen molar-refractivity contribution >= 4 is 20.0 Å². The monoisotopic (exact) mass is 465 g/mol. The first-order chi connectivity index (χ1) is 14.6. The minimum absolute atomic E-state index is 0.119. The molecule has 2 heterocycles. The molecule has 1 aliphatic carbocycles. The van der Waals surface area contributed by atoms with Crippen molar-refractivity contribution < 1.29 is 18.7 Å². The van der Waals surface area contributed by atoms with E-state index in [-0.39, 0.29) is 46.8 Å². The van der Waals surface area contributed by atoms with Crippen molar-refractivity contribution in [3.8, 4) is 0 Å². The number of carbonyl (C=O) groups is 1. The standard InChI is InChI=1S/C23H39N3O5Si/c1-14(2)20(27)24-17-10-11-26(21(28)25-17)16-12-15(13-29-32(8,9)22(3,4)5)18-19(16)31-23(6,7)30-18/h10-11,14-16,18-19H,12-13H2,1-9H3,(H,24,25,27,28)/t15-,16-,18-,19+/m1/s1. The maximum absolute atomic E-state index is 12.9. The van der Waals surface area contributed by atoms with Gasteiger partial charge in [-0.25, -0.2) is 4.79 Å². The van der Waals surface area contributed by atoms with E-state index in [0.717, 1.165) is 0 Å². The molecule has 2 fully saturated rings. The van der Waals surface area contributed by atoms with Gasteiger partial charge in [0.2, 0.25) is 5.91 Å². The lowest BCUT2D eigenvalue weighted by Gasteiger charge is -2.37. The Morgan fingerprint density at radius 3 is 2.50 bits per heavy atom. The number of nitrogens with one attached hydrogen (secondary N) is 1. The molecule has 8 nitrogen and oxygen atoms in total. The number of amides is 1. The van der Waals surface area contributed by atoms with Gasteiger partial charge in [0.05, 0.1) is 12.1 Å². The van der Waals surface area contributed by atoms with E-state index < -0.39 is 19.8 Å². The minimum atomic E-state index is -1.91. The molecule has 0 aromatic carbocycles. The van der Waals surface area contributed by atoms with E-state index >= 15 is 0 Å². The van der Waals surface area contributed by atoms with E-state index in [1.807, 2.05) is 13.8 Å². The van der Waals surface area contributed by atoms with E-state index in [2.05, 4.69) is 44.2 Å². The van der Waals surface area contributed by atoms with Gasteiger partial charge in [-0.2, -0.15) is 4.98 Å². The minimum Gasteiger partial charge on any atom is -0.416 e. The third-order valence-electron chi connectivity index (χ3n) is 6.98. The summed E-state index contributed by atoms with van der Waals surface area (Å²) in [6.07, 6.45) is 2.00. The van der Waals surface area contributed by atoms with Gasteiger partial charge in [0, 0.05) is 24.6 Å². The van der Waals surface area contributed by atoms with Crippen LogP contribution in [0.1, 0.15) is 60.9 Å². The van der Waals surface area contributed by atoms with Gasteiger partial charge in [0.25, 0.3) is 0 Å². The molecule has 1 aromatic heterocycles. The maximum atomic E-state index is 12.9. The van der Waals surface area contributed by atoms with Crippen LogP contribution in [0.4, 0.5) is 5.82 Å². The van der Waals surface area contributed by atoms with E-state index in [1.165, 1.54) is 0 Å². The van der Waals surface area contributed by atoms with Crippen LogP contribution in [0.5, 0.6) is 0 Å². The third kappa shape index (κ3) is 5.16. The molecule has 1 saturated heterocycles. The summed E-state index contributed by atoms with van der Waals surface area (Å²) < 4.78 is 20.6. The third-order valence-corrected chi connectivity index (χ3v) is 11.5. The lowest BCUT2D eigenvalue weighted by molar-refractivity contribution is -0.161. The van der Waals surface area contributed by atoms with Crippen LogP contribution in [0.25, 0.3) is 0 Å². The summed E-state index contributed by atoms with van der Waals surface area (Å²) in [7, 11) is -1.91. The van der Waals surface area contributed by atoms with Gasteiger partial charge >= 0.3 is 5.69 Å². The van der Waals surface area contributed by atoms with Gasteiger partial charge in [-0.1, -0.05) is 34.6 Å². The first-order valence-corrected chi connectivity index (χ1v) is 14.4. The Bertz CT molecular complexity index is 906. The van der Waals surface area contributed by atoms with Crippen molar-refractivity contribution in [2.45, 2.75) is 97.1 Å². The van der Waals surface area contributed by atoms with Crippen molar-refractivity contribution in [1.82, 2.24) is 9.55 Å². The lowest BCUT2D eigenvalue weighted by Crippen LogP contribution is -2.43. The second-order valence-electron chi connectivity index (χ2n) is 11.3. The van der Waals surface area contributed by atoms with Crippen LogP contribution in [0.15, 0.2) is 17.1 Å². The smallest absolute Gasteiger partial charge is 0.349 e. The highest BCUT2D eigenvalue weighted by molar-refractivity contribution is 6.74. The predicted octanol–water partition coefficient (Wildman–Crippen LogP) is 3.94. The molecule has 32 heavy (non-hydrogen) atoms. The summed E-state index contributed by atoms with van der Waals surface area (Å²) in [5, 5.41) is 2.80. The number of rotatable bonds is 6. The molecule has 0 radical (unpaired) electrons. The van der Waals surface area contributed by atoms with Crippen molar-refractivity contribution in [2.24, 2.45) is 11.8 Å². The number of aromatic nitrogens is 2. The summed E-state index contributed by atoms with van der Waals surface area (Å²) in [4.78, 5) is 28.9. The molecule has 180 valence electrons. The first-order valence-electron chi connectivity index (χ1n) is 11.5. The van der Waals surface area contributed by atoms with Crippen molar-refractivity contribution in [1.29, 1.82) is 0 Å². The fraction of sp³-hybridized carbons (Fsp3) is 0.783. The SMILES string of the molecule is CC(C)C(=O)Nc1ccn([C@@H]2C[C@H](CO[Si](C)(C)C(C)(C)C)[C@H]3OC(C)(C)O[C@H]32)c(=O)n1. The number of fused-ring (bicyclic) bond motifs is 1. The molecule has 1 saturated carbocycles. The Labute approximate surface area is 192 Å². The summed E-state index contributed by atoms with van der Waals surface area (Å²) in [6.45, 7) is 19.1. The van der Waals surface area contributed by atoms with Gasteiger partial charge in [-0.05, 0) is 44.5 Å². The van der Waals surface area contributed by atoms with Crippen LogP contribution < -0.4 is 11.0 Å². The van der Waals surface area contributed by atoms with Crippen LogP contribution in [0.2, 0.25) is 18.1 Å². The molecule has 0 spiro atoms. The molecule has 0 bridgehead atoms. The zero-order chi connectivity index (χ0) is 24.1. The quantitative estimate of drug-likeness (QED) is 0.640. The largest absolute Gasteiger partial charge is 0.416 e. The zero-order valence-electron chi connectivity index (χ0n) is 20.9. The highest BCUT2D eigenvalue weighted by Crippen LogP contribution is 2.47. The Kier molecular flexibility index (Phi) is 6.79. The first kappa shape index (κ1) is 25.1. The number of hydrogen-bond acceptors (Lipinski definition) is 6. The summed E-state index contributed by atoms with van der Waals surface area (Å²) in [5.74, 6) is -0.698. The Morgan fingerprint density at radius 2 is 1.94 bits per heavy atom. The van der Waals surface area contributed by atoms with Gasteiger partial charge < -0.3 is 19.2 Å². The zero-order valence-corrected chi connectivity index (χ0v) is 21.9. The fourth-order valence-corrected chi connectivity index (χ4v) is 5.09.